The number of carbonyl (C=O) groups is 1. The minimum absolute atomic E-state index is 0.0504. The van der Waals surface area contributed by atoms with Crippen molar-refractivity contribution >= 4 is 11.9 Å². The molecule has 6 heteroatoms. The van der Waals surface area contributed by atoms with E-state index in [1.165, 1.54) is 6.07 Å². The van der Waals surface area contributed by atoms with Gasteiger partial charge in [0.2, 0.25) is 5.95 Å². The van der Waals surface area contributed by atoms with Crippen LogP contribution < -0.4 is 4.90 Å². The number of carboxylic acid groups (broad SMARTS) is 1. The van der Waals surface area contributed by atoms with Crippen molar-refractivity contribution in [2.75, 3.05) is 24.6 Å². The monoisotopic (exact) mass is 265 g/mol. The molecule has 1 aromatic rings. The third-order valence-corrected chi connectivity index (χ3v) is 3.19. The van der Waals surface area contributed by atoms with Gasteiger partial charge in [-0.2, -0.15) is 0 Å². The van der Waals surface area contributed by atoms with Crippen LogP contribution in [0.2, 0.25) is 0 Å². The molecule has 0 saturated carbocycles. The van der Waals surface area contributed by atoms with Gasteiger partial charge in [-0.3, -0.25) is 0 Å². The number of anilines is 1. The molecule has 1 aliphatic rings. The van der Waals surface area contributed by atoms with Crippen molar-refractivity contribution in [3.8, 4) is 0 Å². The van der Waals surface area contributed by atoms with Gasteiger partial charge in [-0.25, -0.2) is 14.8 Å². The summed E-state index contributed by atoms with van der Waals surface area (Å²) in [6.45, 7) is 6.11. The van der Waals surface area contributed by atoms with E-state index in [4.69, 9.17) is 9.84 Å². The molecule has 1 aromatic heterocycles. The molecule has 0 spiro atoms. The lowest BCUT2D eigenvalue weighted by atomic mass is 10.1. The average molecular weight is 265 g/mol. The number of rotatable bonds is 4. The summed E-state index contributed by atoms with van der Waals surface area (Å²) in [7, 11) is 0. The fraction of sp³-hybridized carbons (Fsp3) is 0.615. The van der Waals surface area contributed by atoms with Crippen LogP contribution in [0.25, 0.3) is 0 Å². The molecular weight excluding hydrogens is 246 g/mol. The summed E-state index contributed by atoms with van der Waals surface area (Å²) in [4.78, 5) is 21.4. The Balaban J connectivity index is 2.09. The van der Waals surface area contributed by atoms with Gasteiger partial charge in [0, 0.05) is 25.4 Å². The number of hydrogen-bond donors (Lipinski definition) is 1. The lowest BCUT2D eigenvalue weighted by Gasteiger charge is -2.31. The summed E-state index contributed by atoms with van der Waals surface area (Å²) in [6.07, 6.45) is 2.14. The van der Waals surface area contributed by atoms with Gasteiger partial charge in [0.1, 0.15) is 0 Å². The number of ether oxygens (including phenoxy) is 1. The van der Waals surface area contributed by atoms with Crippen molar-refractivity contribution in [1.82, 2.24) is 9.97 Å². The van der Waals surface area contributed by atoms with Gasteiger partial charge in [0.05, 0.1) is 6.10 Å². The number of aromatic nitrogens is 2. The summed E-state index contributed by atoms with van der Waals surface area (Å²) in [5.74, 6) is -0.511. The Hall–Kier alpha value is -1.69. The summed E-state index contributed by atoms with van der Waals surface area (Å²) >= 11 is 0. The van der Waals surface area contributed by atoms with Gasteiger partial charge < -0.3 is 14.7 Å². The van der Waals surface area contributed by atoms with E-state index in [0.29, 0.717) is 17.7 Å². The predicted molar refractivity (Wildman–Crippen MR) is 70.6 cm³/mol. The highest BCUT2D eigenvalue weighted by molar-refractivity contribution is 5.85. The molecule has 1 aliphatic heterocycles. The average Bonchev–Trinajstić information content (AvgIpc) is 2.39. The minimum Gasteiger partial charge on any atom is -0.477 e. The second kappa shape index (κ2) is 5.97. The van der Waals surface area contributed by atoms with E-state index in [9.17, 15) is 4.79 Å². The van der Waals surface area contributed by atoms with Gasteiger partial charge >= 0.3 is 5.97 Å². The first-order valence-electron chi connectivity index (χ1n) is 6.55. The van der Waals surface area contributed by atoms with E-state index in [0.717, 1.165) is 32.5 Å². The smallest absolute Gasteiger partial charge is 0.354 e. The Labute approximate surface area is 112 Å². The second-order valence-corrected chi connectivity index (χ2v) is 4.64. The second-order valence-electron chi connectivity index (χ2n) is 4.64. The normalized spacial score (nSPS) is 16.6. The zero-order valence-corrected chi connectivity index (χ0v) is 11.3. The first-order valence-corrected chi connectivity index (χ1v) is 6.55. The standard InChI is InChI=1S/C13H19N3O3/c1-3-19-10-4-6-16(7-5-10)13-14-9(2)8-11(15-13)12(17)18/h8,10H,3-7H2,1-2H3,(H,17,18). The fourth-order valence-corrected chi connectivity index (χ4v) is 2.26. The summed E-state index contributed by atoms with van der Waals surface area (Å²) in [5, 5.41) is 9.02. The molecule has 0 aliphatic carbocycles. The van der Waals surface area contributed by atoms with Gasteiger partial charge in [0.15, 0.2) is 5.69 Å². The van der Waals surface area contributed by atoms with Gasteiger partial charge in [-0.05, 0) is 32.8 Å². The SMILES string of the molecule is CCOC1CCN(c2nc(C)cc(C(=O)O)n2)CC1. The molecular formula is C13H19N3O3. The fourth-order valence-electron chi connectivity index (χ4n) is 2.26. The Morgan fingerprint density at radius 3 is 2.74 bits per heavy atom. The number of piperidine rings is 1. The summed E-state index contributed by atoms with van der Waals surface area (Å²) in [6, 6.07) is 1.48. The van der Waals surface area contributed by atoms with Crippen molar-refractivity contribution < 1.29 is 14.6 Å². The maximum atomic E-state index is 11.0. The third kappa shape index (κ3) is 3.41. The van der Waals surface area contributed by atoms with Crippen molar-refractivity contribution in [1.29, 1.82) is 0 Å². The zero-order chi connectivity index (χ0) is 13.8. The van der Waals surface area contributed by atoms with Crippen LogP contribution in [0, 0.1) is 6.92 Å². The number of nitrogens with zero attached hydrogens (tertiary/aromatic N) is 3. The first-order chi connectivity index (χ1) is 9.10. The van der Waals surface area contributed by atoms with E-state index in [-0.39, 0.29) is 5.69 Å². The molecule has 1 fully saturated rings. The molecule has 0 aromatic carbocycles. The predicted octanol–water partition coefficient (Wildman–Crippen LogP) is 1.49. The highest BCUT2D eigenvalue weighted by Crippen LogP contribution is 2.19. The van der Waals surface area contributed by atoms with Crippen molar-refractivity contribution in [2.24, 2.45) is 0 Å². The molecule has 0 unspecified atom stereocenters. The molecule has 0 radical (unpaired) electrons. The van der Waals surface area contributed by atoms with E-state index >= 15 is 0 Å². The number of hydrogen-bond acceptors (Lipinski definition) is 5. The van der Waals surface area contributed by atoms with Crippen molar-refractivity contribution in [2.45, 2.75) is 32.8 Å². The van der Waals surface area contributed by atoms with Crippen LogP contribution in [0.15, 0.2) is 6.07 Å². The van der Waals surface area contributed by atoms with Gasteiger partial charge in [-0.15, -0.1) is 0 Å². The van der Waals surface area contributed by atoms with Crippen molar-refractivity contribution in [3.05, 3.63) is 17.5 Å². The molecule has 6 nitrogen and oxygen atoms in total. The molecule has 2 rings (SSSR count). The van der Waals surface area contributed by atoms with Crippen LogP contribution in [-0.4, -0.2) is 46.8 Å². The topological polar surface area (TPSA) is 75.5 Å². The van der Waals surface area contributed by atoms with Gasteiger partial charge in [0.25, 0.3) is 0 Å². The van der Waals surface area contributed by atoms with Crippen LogP contribution >= 0.6 is 0 Å². The quantitative estimate of drug-likeness (QED) is 0.889. The number of carboxylic acids is 1. The van der Waals surface area contributed by atoms with E-state index < -0.39 is 5.97 Å². The first kappa shape index (κ1) is 13.7. The Morgan fingerprint density at radius 2 is 2.16 bits per heavy atom. The molecule has 0 atom stereocenters. The Kier molecular flexibility index (Phi) is 4.31. The zero-order valence-electron chi connectivity index (χ0n) is 11.3. The van der Waals surface area contributed by atoms with E-state index in [1.54, 1.807) is 6.92 Å². The number of aromatic carboxylic acids is 1. The minimum atomic E-state index is -1.02. The third-order valence-electron chi connectivity index (χ3n) is 3.19. The largest absolute Gasteiger partial charge is 0.477 e. The lowest BCUT2D eigenvalue weighted by Crippen LogP contribution is -2.38. The maximum absolute atomic E-state index is 11.0. The molecule has 2 heterocycles. The molecule has 0 amide bonds. The Bertz CT molecular complexity index is 456. The summed E-state index contributed by atoms with van der Waals surface area (Å²) in [5.41, 5.74) is 0.726. The van der Waals surface area contributed by atoms with Crippen LogP contribution in [0.5, 0.6) is 0 Å². The highest BCUT2D eigenvalue weighted by Gasteiger charge is 2.22. The molecule has 1 N–H and O–H groups in total. The maximum Gasteiger partial charge on any atom is 0.354 e. The number of aryl methyl sites for hydroxylation is 1. The lowest BCUT2D eigenvalue weighted by molar-refractivity contribution is 0.0457. The van der Waals surface area contributed by atoms with Crippen LogP contribution in [0.3, 0.4) is 0 Å². The Morgan fingerprint density at radius 1 is 1.47 bits per heavy atom. The van der Waals surface area contributed by atoms with Crippen LogP contribution in [0.1, 0.15) is 35.9 Å². The van der Waals surface area contributed by atoms with Crippen LogP contribution in [0.4, 0.5) is 5.95 Å². The van der Waals surface area contributed by atoms with Gasteiger partial charge in [-0.1, -0.05) is 0 Å². The summed E-state index contributed by atoms with van der Waals surface area (Å²) < 4.78 is 5.59. The van der Waals surface area contributed by atoms with Crippen molar-refractivity contribution in [3.63, 3.8) is 0 Å². The van der Waals surface area contributed by atoms with Crippen LogP contribution in [-0.2, 0) is 4.74 Å². The molecule has 104 valence electrons. The molecule has 1 saturated heterocycles. The molecule has 0 bridgehead atoms. The van der Waals surface area contributed by atoms with E-state index in [1.807, 2.05) is 11.8 Å². The van der Waals surface area contributed by atoms with E-state index in [2.05, 4.69) is 9.97 Å². The molecule has 19 heavy (non-hydrogen) atoms. The highest BCUT2D eigenvalue weighted by atomic mass is 16.5.